The molecule has 6 rings (SSSR count). The van der Waals surface area contributed by atoms with E-state index >= 15 is 0 Å². The van der Waals surface area contributed by atoms with Gasteiger partial charge in [0.05, 0.1) is 23.0 Å². The first-order valence-corrected chi connectivity index (χ1v) is 13.3. The van der Waals surface area contributed by atoms with Crippen LogP contribution < -0.4 is 10.6 Å². The van der Waals surface area contributed by atoms with Gasteiger partial charge in [0.1, 0.15) is 29.6 Å². The van der Waals surface area contributed by atoms with Crippen molar-refractivity contribution < 1.29 is 17.6 Å². The zero-order valence-corrected chi connectivity index (χ0v) is 21.7. The van der Waals surface area contributed by atoms with Crippen molar-refractivity contribution in [2.24, 2.45) is 0 Å². The fourth-order valence-electron chi connectivity index (χ4n) is 5.47. The number of nitrogen functional groups attached to an aromatic ring is 1. The monoisotopic (exact) mass is 555 g/mol. The maximum atomic E-state index is 14.0. The van der Waals surface area contributed by atoms with Crippen LogP contribution in [0.4, 0.5) is 29.2 Å². The molecule has 2 aliphatic rings. The molecule has 9 nitrogen and oxygen atoms in total. The van der Waals surface area contributed by atoms with Gasteiger partial charge in [-0.2, -0.15) is 18.3 Å². The molecule has 0 aliphatic carbocycles. The third-order valence-corrected chi connectivity index (χ3v) is 7.78. The van der Waals surface area contributed by atoms with Gasteiger partial charge < -0.3 is 20.1 Å². The number of benzene rings is 1. The van der Waals surface area contributed by atoms with Crippen molar-refractivity contribution in [1.29, 1.82) is 0 Å². The summed E-state index contributed by atoms with van der Waals surface area (Å²) < 4.78 is 56.2. The van der Waals surface area contributed by atoms with E-state index in [-0.39, 0.29) is 11.5 Å². The largest absolute Gasteiger partial charge is 0.419 e. The number of nitrogens with two attached hydrogens (primary N) is 1. The molecule has 2 aliphatic heterocycles. The number of aromatic nitrogens is 6. The van der Waals surface area contributed by atoms with Gasteiger partial charge in [0, 0.05) is 55.6 Å². The number of nitrogens with one attached hydrogen (secondary N) is 1. The number of piperidine rings is 1. The van der Waals surface area contributed by atoms with Crippen molar-refractivity contribution in [3.63, 3.8) is 0 Å². The molecule has 13 heteroatoms. The molecule has 2 saturated heterocycles. The highest BCUT2D eigenvalue weighted by Gasteiger charge is 2.35. The number of rotatable bonds is 7. The van der Waals surface area contributed by atoms with Gasteiger partial charge in [-0.25, -0.2) is 19.3 Å². The van der Waals surface area contributed by atoms with E-state index in [2.05, 4.69) is 34.5 Å². The molecule has 0 bridgehead atoms. The van der Waals surface area contributed by atoms with Crippen molar-refractivity contribution in [2.75, 3.05) is 43.4 Å². The second-order valence-corrected chi connectivity index (χ2v) is 10.3. The van der Waals surface area contributed by atoms with Crippen LogP contribution in [0, 0.1) is 5.82 Å². The Morgan fingerprint density at radius 3 is 2.50 bits per heavy atom. The van der Waals surface area contributed by atoms with Gasteiger partial charge in [0.15, 0.2) is 0 Å². The highest BCUT2D eigenvalue weighted by atomic mass is 19.4. The highest BCUT2D eigenvalue weighted by molar-refractivity contribution is 5.83. The molecule has 210 valence electrons. The lowest BCUT2D eigenvalue weighted by Crippen LogP contribution is -2.39. The fraction of sp³-hybridized carbons (Fsp3) is 0.407. The van der Waals surface area contributed by atoms with Gasteiger partial charge in [0.2, 0.25) is 0 Å². The maximum Gasteiger partial charge on any atom is 0.419 e. The maximum absolute atomic E-state index is 14.0. The minimum atomic E-state index is -4.78. The van der Waals surface area contributed by atoms with E-state index in [1.165, 1.54) is 18.8 Å². The Hall–Kier alpha value is -4.00. The van der Waals surface area contributed by atoms with E-state index in [4.69, 9.17) is 10.7 Å². The molecule has 0 atom stereocenters. The summed E-state index contributed by atoms with van der Waals surface area (Å²) in [5.74, 6) is 0.754. The summed E-state index contributed by atoms with van der Waals surface area (Å²) in [6, 6.07) is 3.07. The number of aromatic amines is 1. The van der Waals surface area contributed by atoms with E-state index in [0.717, 1.165) is 67.4 Å². The van der Waals surface area contributed by atoms with Crippen LogP contribution in [0.3, 0.4) is 0 Å². The minimum absolute atomic E-state index is 0.0977. The zero-order chi connectivity index (χ0) is 27.9. The molecular weight excluding hydrogens is 526 g/mol. The summed E-state index contributed by atoms with van der Waals surface area (Å²) >= 11 is 0. The van der Waals surface area contributed by atoms with Crippen molar-refractivity contribution >= 4 is 11.6 Å². The Balaban J connectivity index is 1.26. The van der Waals surface area contributed by atoms with Crippen molar-refractivity contribution in [3.8, 4) is 22.4 Å². The predicted molar refractivity (Wildman–Crippen MR) is 142 cm³/mol. The summed E-state index contributed by atoms with van der Waals surface area (Å²) in [5.41, 5.74) is 7.11. The van der Waals surface area contributed by atoms with Gasteiger partial charge in [0.25, 0.3) is 0 Å². The standard InChI is InChI=1S/C27H29F4N9/c28-21-3-2-18(12-20(21)27(29,30)31)22-15-40(11-10-38-6-1-7-38)25(37-22)17-4-8-39(9-5-17)26-23(19-13-35-36-14-19)24(32)33-16-34-26/h2-3,12-17H,1,4-11H2,(H,35,36)(H2,32,33,34). The van der Waals surface area contributed by atoms with Crippen LogP contribution in [0.2, 0.25) is 0 Å². The number of H-pyrrole nitrogens is 1. The second kappa shape index (κ2) is 10.5. The number of alkyl halides is 3. The SMILES string of the molecule is Nc1ncnc(N2CCC(c3nc(-c4ccc(F)c(C(F)(F)F)c4)cn3CCN3CCC3)CC2)c1-c1cn[nH]c1. The van der Waals surface area contributed by atoms with Gasteiger partial charge in [-0.1, -0.05) is 0 Å². The van der Waals surface area contributed by atoms with Crippen LogP contribution >= 0.6 is 0 Å². The molecular formula is C27H29F4N9. The summed E-state index contributed by atoms with van der Waals surface area (Å²) in [5, 5.41) is 6.83. The molecule has 2 fully saturated rings. The summed E-state index contributed by atoms with van der Waals surface area (Å²) in [4.78, 5) is 18.0. The third-order valence-electron chi connectivity index (χ3n) is 7.78. The lowest BCUT2D eigenvalue weighted by atomic mass is 9.95. The molecule has 0 spiro atoms. The minimum Gasteiger partial charge on any atom is -0.383 e. The summed E-state index contributed by atoms with van der Waals surface area (Å²) in [6.45, 7) is 4.99. The van der Waals surface area contributed by atoms with Crippen molar-refractivity contribution in [3.05, 3.63) is 60.3 Å². The molecule has 3 N–H and O–H groups in total. The van der Waals surface area contributed by atoms with Gasteiger partial charge in [-0.15, -0.1) is 0 Å². The fourth-order valence-corrected chi connectivity index (χ4v) is 5.47. The average molecular weight is 556 g/mol. The summed E-state index contributed by atoms with van der Waals surface area (Å²) in [6.07, 6.45) is 4.62. The highest BCUT2D eigenvalue weighted by Crippen LogP contribution is 2.38. The summed E-state index contributed by atoms with van der Waals surface area (Å²) in [7, 11) is 0. The lowest BCUT2D eigenvalue weighted by molar-refractivity contribution is -0.139. The topological polar surface area (TPSA) is 105 Å². The number of nitrogens with zero attached hydrogens (tertiary/aromatic N) is 7. The Bertz CT molecular complexity index is 1470. The van der Waals surface area contributed by atoms with E-state index in [9.17, 15) is 17.6 Å². The van der Waals surface area contributed by atoms with E-state index < -0.39 is 17.6 Å². The Kier molecular flexibility index (Phi) is 6.90. The van der Waals surface area contributed by atoms with Crippen LogP contribution in [0.1, 0.15) is 36.6 Å². The van der Waals surface area contributed by atoms with E-state index in [1.807, 2.05) is 0 Å². The van der Waals surface area contributed by atoms with Gasteiger partial charge >= 0.3 is 6.18 Å². The van der Waals surface area contributed by atoms with Crippen LogP contribution in [-0.2, 0) is 12.7 Å². The third kappa shape index (κ3) is 5.12. The number of likely N-dealkylation sites (tertiary alicyclic amines) is 1. The Morgan fingerprint density at radius 1 is 1.02 bits per heavy atom. The first kappa shape index (κ1) is 26.2. The van der Waals surface area contributed by atoms with Crippen LogP contribution in [0.25, 0.3) is 22.4 Å². The molecule has 4 aromatic rings. The average Bonchev–Trinajstić information content (AvgIpc) is 3.58. The van der Waals surface area contributed by atoms with E-state index in [1.54, 1.807) is 18.6 Å². The molecule has 40 heavy (non-hydrogen) atoms. The zero-order valence-electron chi connectivity index (χ0n) is 21.7. The van der Waals surface area contributed by atoms with Gasteiger partial charge in [-0.3, -0.25) is 5.10 Å². The Morgan fingerprint density at radius 2 is 1.82 bits per heavy atom. The molecule has 0 amide bonds. The molecule has 5 heterocycles. The molecule has 0 saturated carbocycles. The number of halogens is 4. The normalized spacial score (nSPS) is 16.9. The predicted octanol–water partition coefficient (Wildman–Crippen LogP) is 4.56. The first-order chi connectivity index (χ1) is 19.3. The molecule has 3 aromatic heterocycles. The molecule has 0 unspecified atom stereocenters. The first-order valence-electron chi connectivity index (χ1n) is 13.3. The number of imidazole rings is 1. The van der Waals surface area contributed by atoms with Crippen LogP contribution in [0.5, 0.6) is 0 Å². The smallest absolute Gasteiger partial charge is 0.383 e. The van der Waals surface area contributed by atoms with Crippen LogP contribution in [0.15, 0.2) is 43.1 Å². The van der Waals surface area contributed by atoms with Crippen LogP contribution in [-0.4, -0.2) is 67.3 Å². The van der Waals surface area contributed by atoms with E-state index in [0.29, 0.717) is 31.1 Å². The van der Waals surface area contributed by atoms with Crippen molar-refractivity contribution in [1.82, 2.24) is 34.6 Å². The molecule has 0 radical (unpaired) electrons. The quantitative estimate of drug-likeness (QED) is 0.322. The Labute approximate surface area is 228 Å². The second-order valence-electron chi connectivity index (χ2n) is 10.3. The van der Waals surface area contributed by atoms with Gasteiger partial charge in [-0.05, 0) is 50.6 Å². The number of hydrogen-bond acceptors (Lipinski definition) is 7. The number of anilines is 2. The lowest BCUT2D eigenvalue weighted by Gasteiger charge is -2.34. The molecule has 1 aromatic carbocycles. The van der Waals surface area contributed by atoms with Crippen molar-refractivity contribution in [2.45, 2.75) is 37.9 Å². The number of hydrogen-bond donors (Lipinski definition) is 2.